The number of fused-ring (bicyclic) bond motifs is 1. The van der Waals surface area contributed by atoms with Crippen LogP contribution in [0.5, 0.6) is 0 Å². The third kappa shape index (κ3) is 1.83. The number of carbonyl (C=O) groups excluding carboxylic acids is 1. The fraction of sp³-hybridized carbons (Fsp3) is 0.182. The predicted molar refractivity (Wildman–Crippen MR) is 58.5 cm³/mol. The third-order valence-electron chi connectivity index (χ3n) is 2.05. The third-order valence-corrected chi connectivity index (χ3v) is 2.28. The van der Waals surface area contributed by atoms with E-state index in [9.17, 15) is 4.79 Å². The quantitative estimate of drug-likeness (QED) is 0.685. The van der Waals surface area contributed by atoms with E-state index in [1.165, 1.54) is 0 Å². The summed E-state index contributed by atoms with van der Waals surface area (Å²) in [4.78, 5) is 13.3. The van der Waals surface area contributed by atoms with Crippen molar-refractivity contribution in [3.63, 3.8) is 0 Å². The highest BCUT2D eigenvalue weighted by Crippen LogP contribution is 2.31. The van der Waals surface area contributed by atoms with Crippen LogP contribution >= 0.6 is 11.6 Å². The average molecular weight is 224 g/mol. The Kier molecular flexibility index (Phi) is 2.40. The smallest absolute Gasteiger partial charge is 0.344 e. The van der Waals surface area contributed by atoms with Crippen molar-refractivity contribution in [3.05, 3.63) is 40.5 Å². The van der Waals surface area contributed by atoms with Crippen LogP contribution in [-0.2, 0) is 4.74 Å². The van der Waals surface area contributed by atoms with Crippen molar-refractivity contribution in [1.82, 2.24) is 4.90 Å². The molecule has 0 spiro atoms. The van der Waals surface area contributed by atoms with Gasteiger partial charge in [-0.25, -0.2) is 4.79 Å². The van der Waals surface area contributed by atoms with Crippen molar-refractivity contribution < 1.29 is 9.53 Å². The van der Waals surface area contributed by atoms with E-state index in [1.54, 1.807) is 24.4 Å². The molecule has 0 saturated heterocycles. The Bertz CT molecular complexity index is 452. The summed E-state index contributed by atoms with van der Waals surface area (Å²) in [7, 11) is 3.73. The Labute approximate surface area is 92.9 Å². The number of rotatable bonds is 1. The number of benzene rings is 1. The number of esters is 1. The highest BCUT2D eigenvalue weighted by molar-refractivity contribution is 6.31. The second kappa shape index (κ2) is 3.59. The van der Waals surface area contributed by atoms with Crippen LogP contribution in [0.4, 0.5) is 0 Å². The van der Waals surface area contributed by atoms with E-state index < -0.39 is 0 Å². The van der Waals surface area contributed by atoms with Gasteiger partial charge in [-0.2, -0.15) is 0 Å². The van der Waals surface area contributed by atoms with Crippen LogP contribution in [0.25, 0.3) is 5.76 Å². The molecule has 0 atom stereocenters. The number of ether oxygens (including phenoxy) is 1. The summed E-state index contributed by atoms with van der Waals surface area (Å²) >= 11 is 5.87. The summed E-state index contributed by atoms with van der Waals surface area (Å²) in [6.07, 6.45) is 1.75. The lowest BCUT2D eigenvalue weighted by atomic mass is 10.1. The van der Waals surface area contributed by atoms with Crippen LogP contribution < -0.4 is 0 Å². The molecule has 0 unspecified atom stereocenters. The molecule has 2 rings (SSSR count). The summed E-state index contributed by atoms with van der Waals surface area (Å²) in [5.41, 5.74) is 1.31. The number of carbonyl (C=O) groups is 1. The maximum Gasteiger partial charge on any atom is 0.344 e. The second-order valence-corrected chi connectivity index (χ2v) is 3.97. The molecule has 0 amide bonds. The minimum absolute atomic E-state index is 0.324. The average Bonchev–Trinajstić information content (AvgIpc) is 2.42. The molecule has 0 aromatic heterocycles. The molecule has 15 heavy (non-hydrogen) atoms. The number of hydrogen-bond acceptors (Lipinski definition) is 3. The van der Waals surface area contributed by atoms with Gasteiger partial charge < -0.3 is 9.64 Å². The van der Waals surface area contributed by atoms with Gasteiger partial charge in [0, 0.05) is 30.9 Å². The van der Waals surface area contributed by atoms with Gasteiger partial charge in [0.25, 0.3) is 0 Å². The van der Waals surface area contributed by atoms with Crippen LogP contribution in [0.2, 0.25) is 5.02 Å². The standard InChI is InChI=1S/C11H10ClNO2/c1-13(2)6-10-9-5-7(12)3-4-8(9)11(14)15-10/h3-6H,1-2H3/b10-6+. The molecule has 1 aliphatic rings. The molecule has 1 aromatic rings. The monoisotopic (exact) mass is 223 g/mol. The second-order valence-electron chi connectivity index (χ2n) is 3.54. The van der Waals surface area contributed by atoms with Crippen molar-refractivity contribution >= 4 is 23.3 Å². The van der Waals surface area contributed by atoms with Crippen molar-refractivity contribution in [1.29, 1.82) is 0 Å². The number of hydrogen-bond donors (Lipinski definition) is 0. The molecule has 3 nitrogen and oxygen atoms in total. The van der Waals surface area contributed by atoms with E-state index in [0.717, 1.165) is 5.56 Å². The highest BCUT2D eigenvalue weighted by atomic mass is 35.5. The number of cyclic esters (lactones) is 1. The Morgan fingerprint density at radius 2 is 2.07 bits per heavy atom. The zero-order chi connectivity index (χ0) is 11.0. The molecule has 1 aromatic carbocycles. The van der Waals surface area contributed by atoms with Crippen LogP contribution in [0.15, 0.2) is 24.4 Å². The molecular formula is C11H10ClNO2. The molecule has 0 radical (unpaired) electrons. The molecule has 0 saturated carbocycles. The lowest BCUT2D eigenvalue weighted by Crippen LogP contribution is -2.02. The van der Waals surface area contributed by atoms with E-state index in [0.29, 0.717) is 16.3 Å². The van der Waals surface area contributed by atoms with Gasteiger partial charge >= 0.3 is 5.97 Å². The molecule has 1 heterocycles. The normalized spacial score (nSPS) is 16.5. The van der Waals surface area contributed by atoms with Gasteiger partial charge in [-0.05, 0) is 18.2 Å². The van der Waals surface area contributed by atoms with Crippen molar-refractivity contribution in [2.45, 2.75) is 0 Å². The summed E-state index contributed by atoms with van der Waals surface area (Å²) in [5, 5.41) is 0.594. The largest absolute Gasteiger partial charge is 0.421 e. The van der Waals surface area contributed by atoms with Crippen LogP contribution in [-0.4, -0.2) is 25.0 Å². The minimum atomic E-state index is -0.324. The SMILES string of the molecule is CN(C)/C=C1/OC(=O)c2ccc(Cl)cc21. The summed E-state index contributed by atoms with van der Waals surface area (Å²) in [5.74, 6) is 0.220. The maximum absolute atomic E-state index is 11.4. The van der Waals surface area contributed by atoms with Gasteiger partial charge in [0.2, 0.25) is 0 Å². The topological polar surface area (TPSA) is 29.5 Å². The summed E-state index contributed by atoms with van der Waals surface area (Å²) < 4.78 is 5.12. The fourth-order valence-electron chi connectivity index (χ4n) is 1.44. The van der Waals surface area contributed by atoms with Gasteiger partial charge in [-0.1, -0.05) is 11.6 Å². The summed E-state index contributed by atoms with van der Waals surface area (Å²) in [6.45, 7) is 0. The molecule has 78 valence electrons. The van der Waals surface area contributed by atoms with Gasteiger partial charge in [-0.15, -0.1) is 0 Å². The van der Waals surface area contributed by atoms with Crippen molar-refractivity contribution in [2.75, 3.05) is 14.1 Å². The lowest BCUT2D eigenvalue weighted by Gasteiger charge is -2.06. The lowest BCUT2D eigenvalue weighted by molar-refractivity contribution is 0.0714. The Balaban J connectivity index is 2.53. The zero-order valence-corrected chi connectivity index (χ0v) is 9.21. The molecule has 0 bridgehead atoms. The molecule has 0 N–H and O–H groups in total. The van der Waals surface area contributed by atoms with E-state index >= 15 is 0 Å². The molecule has 1 aliphatic heterocycles. The van der Waals surface area contributed by atoms with Gasteiger partial charge in [-0.3, -0.25) is 0 Å². The Hall–Kier alpha value is -1.48. The summed E-state index contributed by atoms with van der Waals surface area (Å²) in [6, 6.07) is 5.09. The molecule has 4 heteroatoms. The highest BCUT2D eigenvalue weighted by Gasteiger charge is 2.26. The number of nitrogens with zero attached hydrogens (tertiary/aromatic N) is 1. The van der Waals surface area contributed by atoms with E-state index in [4.69, 9.17) is 16.3 Å². The first-order valence-corrected chi connectivity index (χ1v) is 4.86. The maximum atomic E-state index is 11.4. The van der Waals surface area contributed by atoms with Crippen molar-refractivity contribution in [2.24, 2.45) is 0 Å². The first kappa shape index (κ1) is 10.1. The van der Waals surface area contributed by atoms with Crippen LogP contribution in [0.3, 0.4) is 0 Å². The minimum Gasteiger partial charge on any atom is -0.421 e. The first-order chi connectivity index (χ1) is 7.08. The predicted octanol–water partition coefficient (Wildman–Crippen LogP) is 2.37. The molecule has 0 fully saturated rings. The Morgan fingerprint density at radius 1 is 1.33 bits per heavy atom. The molecule has 0 aliphatic carbocycles. The number of halogens is 1. The van der Waals surface area contributed by atoms with Gasteiger partial charge in [0.1, 0.15) is 0 Å². The van der Waals surface area contributed by atoms with E-state index in [2.05, 4.69) is 0 Å². The first-order valence-electron chi connectivity index (χ1n) is 4.48. The van der Waals surface area contributed by atoms with Crippen LogP contribution in [0.1, 0.15) is 15.9 Å². The van der Waals surface area contributed by atoms with Crippen LogP contribution in [0, 0.1) is 0 Å². The zero-order valence-electron chi connectivity index (χ0n) is 8.45. The van der Waals surface area contributed by atoms with Crippen molar-refractivity contribution in [3.8, 4) is 0 Å². The van der Waals surface area contributed by atoms with E-state index in [-0.39, 0.29) is 5.97 Å². The molecular weight excluding hydrogens is 214 g/mol. The van der Waals surface area contributed by atoms with Gasteiger partial charge in [0.15, 0.2) is 5.76 Å². The van der Waals surface area contributed by atoms with E-state index in [1.807, 2.05) is 19.0 Å². The fourth-order valence-corrected chi connectivity index (χ4v) is 1.61. The van der Waals surface area contributed by atoms with Gasteiger partial charge in [0.05, 0.1) is 5.56 Å². The Morgan fingerprint density at radius 3 is 2.73 bits per heavy atom.